The van der Waals surface area contributed by atoms with Gasteiger partial charge >= 0.3 is 0 Å². The van der Waals surface area contributed by atoms with E-state index in [0.29, 0.717) is 29.5 Å². The Balaban J connectivity index is 2.03. The Morgan fingerprint density at radius 3 is 2.94 bits per heavy atom. The molecule has 0 aliphatic carbocycles. The van der Waals surface area contributed by atoms with Gasteiger partial charge in [-0.2, -0.15) is 0 Å². The standard InChI is InChI=1S/C10H14ClN3O2S/c11-7-4-9(12)10(13-5-7)14-6-8-2-1-3-17(8,15)16/h4-5,8H,1-3,6,12H2,(H,13,14). The number of sulfone groups is 1. The summed E-state index contributed by atoms with van der Waals surface area (Å²) >= 11 is 5.72. The van der Waals surface area contributed by atoms with Crippen molar-refractivity contribution in [2.75, 3.05) is 23.3 Å². The van der Waals surface area contributed by atoms with Gasteiger partial charge in [-0.25, -0.2) is 13.4 Å². The molecule has 1 aliphatic heterocycles. The molecule has 7 heteroatoms. The number of hydrogen-bond donors (Lipinski definition) is 2. The summed E-state index contributed by atoms with van der Waals surface area (Å²) in [5.74, 6) is 0.764. The molecule has 5 nitrogen and oxygen atoms in total. The summed E-state index contributed by atoms with van der Waals surface area (Å²) in [4.78, 5) is 4.02. The minimum Gasteiger partial charge on any atom is -0.396 e. The van der Waals surface area contributed by atoms with Crippen molar-refractivity contribution in [1.29, 1.82) is 0 Å². The Labute approximate surface area is 105 Å². The van der Waals surface area contributed by atoms with Gasteiger partial charge in [-0.3, -0.25) is 0 Å². The van der Waals surface area contributed by atoms with Crippen LogP contribution in [0.2, 0.25) is 5.02 Å². The van der Waals surface area contributed by atoms with Gasteiger partial charge in [-0.05, 0) is 18.9 Å². The van der Waals surface area contributed by atoms with Crippen LogP contribution in [0.5, 0.6) is 0 Å². The number of rotatable bonds is 3. The van der Waals surface area contributed by atoms with E-state index in [2.05, 4.69) is 10.3 Å². The summed E-state index contributed by atoms with van der Waals surface area (Å²) in [6.07, 6.45) is 2.91. The molecule has 0 amide bonds. The Morgan fingerprint density at radius 1 is 1.59 bits per heavy atom. The number of hydrogen-bond acceptors (Lipinski definition) is 5. The van der Waals surface area contributed by atoms with Crippen molar-refractivity contribution in [3.63, 3.8) is 0 Å². The van der Waals surface area contributed by atoms with E-state index in [1.807, 2.05) is 0 Å². The third-order valence-electron chi connectivity index (χ3n) is 2.84. The van der Waals surface area contributed by atoms with Gasteiger partial charge in [0.2, 0.25) is 0 Å². The Bertz CT molecular complexity index is 518. The van der Waals surface area contributed by atoms with Crippen LogP contribution in [0, 0.1) is 0 Å². The maximum atomic E-state index is 11.6. The van der Waals surface area contributed by atoms with Gasteiger partial charge in [0.1, 0.15) is 5.82 Å². The summed E-state index contributed by atoms with van der Waals surface area (Å²) in [5.41, 5.74) is 6.14. The van der Waals surface area contributed by atoms with Crippen LogP contribution in [0.3, 0.4) is 0 Å². The monoisotopic (exact) mass is 275 g/mol. The number of pyridine rings is 1. The molecule has 94 valence electrons. The van der Waals surface area contributed by atoms with E-state index >= 15 is 0 Å². The van der Waals surface area contributed by atoms with Crippen molar-refractivity contribution in [3.8, 4) is 0 Å². The normalized spacial score (nSPS) is 22.5. The summed E-state index contributed by atoms with van der Waals surface area (Å²) in [5, 5.41) is 3.09. The third kappa shape index (κ3) is 2.81. The minimum atomic E-state index is -2.94. The maximum absolute atomic E-state index is 11.6. The van der Waals surface area contributed by atoms with Crippen LogP contribution < -0.4 is 11.1 Å². The molecule has 1 atom stereocenters. The molecule has 2 heterocycles. The van der Waals surface area contributed by atoms with E-state index in [-0.39, 0.29) is 11.0 Å². The molecule has 0 radical (unpaired) electrons. The second-order valence-electron chi connectivity index (χ2n) is 4.10. The van der Waals surface area contributed by atoms with E-state index in [1.165, 1.54) is 6.20 Å². The Kier molecular flexibility index (Phi) is 3.44. The summed E-state index contributed by atoms with van der Waals surface area (Å²) in [6, 6.07) is 1.58. The third-order valence-corrected chi connectivity index (χ3v) is 5.33. The van der Waals surface area contributed by atoms with Gasteiger partial charge in [0.15, 0.2) is 9.84 Å². The number of nitrogen functional groups attached to an aromatic ring is 1. The topological polar surface area (TPSA) is 85.1 Å². The first-order chi connectivity index (χ1) is 7.99. The molecule has 1 saturated heterocycles. The predicted molar refractivity (Wildman–Crippen MR) is 69.0 cm³/mol. The number of nitrogens with zero attached hydrogens (tertiary/aromatic N) is 1. The Hall–Kier alpha value is -1.01. The fraction of sp³-hybridized carbons (Fsp3) is 0.500. The minimum absolute atomic E-state index is 0.281. The highest BCUT2D eigenvalue weighted by Gasteiger charge is 2.30. The second-order valence-corrected chi connectivity index (χ2v) is 6.94. The number of aromatic nitrogens is 1. The van der Waals surface area contributed by atoms with Crippen LogP contribution in [-0.4, -0.2) is 30.9 Å². The quantitative estimate of drug-likeness (QED) is 0.869. The molecule has 1 aromatic rings. The van der Waals surface area contributed by atoms with Gasteiger partial charge in [0.05, 0.1) is 21.7 Å². The molecular weight excluding hydrogens is 262 g/mol. The first kappa shape index (κ1) is 12.4. The average Bonchev–Trinajstić information content (AvgIpc) is 2.57. The van der Waals surface area contributed by atoms with Crippen LogP contribution in [0.4, 0.5) is 11.5 Å². The molecule has 2 rings (SSSR count). The highest BCUT2D eigenvalue weighted by molar-refractivity contribution is 7.92. The fourth-order valence-corrected chi connectivity index (χ4v) is 3.83. The molecule has 0 aromatic carbocycles. The summed E-state index contributed by atoms with van der Waals surface area (Å²) in [7, 11) is -2.94. The van der Waals surface area contributed by atoms with Crippen LogP contribution in [0.25, 0.3) is 0 Å². The van der Waals surface area contributed by atoms with E-state index < -0.39 is 9.84 Å². The van der Waals surface area contributed by atoms with E-state index in [1.54, 1.807) is 6.07 Å². The van der Waals surface area contributed by atoms with Crippen molar-refractivity contribution < 1.29 is 8.42 Å². The van der Waals surface area contributed by atoms with Crippen molar-refractivity contribution in [1.82, 2.24) is 4.98 Å². The lowest BCUT2D eigenvalue weighted by Crippen LogP contribution is -2.25. The number of nitrogens with one attached hydrogen (secondary N) is 1. The highest BCUT2D eigenvalue weighted by atomic mass is 35.5. The lowest BCUT2D eigenvalue weighted by molar-refractivity contribution is 0.591. The molecule has 0 bridgehead atoms. The molecule has 17 heavy (non-hydrogen) atoms. The Morgan fingerprint density at radius 2 is 2.35 bits per heavy atom. The van der Waals surface area contributed by atoms with E-state index in [0.717, 1.165) is 6.42 Å². The van der Waals surface area contributed by atoms with Crippen LogP contribution in [0.1, 0.15) is 12.8 Å². The molecule has 0 saturated carbocycles. The largest absolute Gasteiger partial charge is 0.396 e. The van der Waals surface area contributed by atoms with Crippen molar-refractivity contribution >= 4 is 32.9 Å². The van der Waals surface area contributed by atoms with E-state index in [9.17, 15) is 8.42 Å². The summed E-state index contributed by atoms with van der Waals surface area (Å²) < 4.78 is 23.2. The second kappa shape index (κ2) is 4.70. The average molecular weight is 276 g/mol. The van der Waals surface area contributed by atoms with Crippen molar-refractivity contribution in [3.05, 3.63) is 17.3 Å². The molecule has 1 aliphatic rings. The smallest absolute Gasteiger partial charge is 0.154 e. The van der Waals surface area contributed by atoms with Gasteiger partial charge in [0, 0.05) is 12.7 Å². The molecule has 0 spiro atoms. The lowest BCUT2D eigenvalue weighted by Gasteiger charge is -2.12. The highest BCUT2D eigenvalue weighted by Crippen LogP contribution is 2.23. The molecular formula is C10H14ClN3O2S. The predicted octanol–water partition coefficient (Wildman–Crippen LogP) is 1.31. The van der Waals surface area contributed by atoms with Crippen molar-refractivity contribution in [2.24, 2.45) is 0 Å². The molecule has 1 unspecified atom stereocenters. The van der Waals surface area contributed by atoms with Crippen molar-refractivity contribution in [2.45, 2.75) is 18.1 Å². The number of anilines is 2. The molecule has 3 N–H and O–H groups in total. The van der Waals surface area contributed by atoms with Crippen LogP contribution >= 0.6 is 11.6 Å². The van der Waals surface area contributed by atoms with Gasteiger partial charge in [0.25, 0.3) is 0 Å². The van der Waals surface area contributed by atoms with Crippen LogP contribution in [0.15, 0.2) is 12.3 Å². The number of nitrogens with two attached hydrogens (primary N) is 1. The SMILES string of the molecule is Nc1cc(Cl)cnc1NCC1CCCS1(=O)=O. The summed E-state index contributed by atoms with van der Waals surface area (Å²) in [6.45, 7) is 0.348. The first-order valence-electron chi connectivity index (χ1n) is 5.35. The van der Waals surface area contributed by atoms with Gasteiger partial charge < -0.3 is 11.1 Å². The zero-order valence-electron chi connectivity index (χ0n) is 9.19. The van der Waals surface area contributed by atoms with Gasteiger partial charge in [-0.15, -0.1) is 0 Å². The first-order valence-corrected chi connectivity index (χ1v) is 7.45. The zero-order chi connectivity index (χ0) is 12.5. The number of halogens is 1. The maximum Gasteiger partial charge on any atom is 0.154 e. The molecule has 1 fully saturated rings. The molecule has 1 aromatic heterocycles. The zero-order valence-corrected chi connectivity index (χ0v) is 10.8. The lowest BCUT2D eigenvalue weighted by atomic mass is 10.2. The van der Waals surface area contributed by atoms with E-state index in [4.69, 9.17) is 17.3 Å². The van der Waals surface area contributed by atoms with Gasteiger partial charge in [-0.1, -0.05) is 11.6 Å². The fourth-order valence-electron chi connectivity index (χ4n) is 1.90. The van der Waals surface area contributed by atoms with Crippen LogP contribution in [-0.2, 0) is 9.84 Å².